The van der Waals surface area contributed by atoms with Crippen LogP contribution >= 0.6 is 0 Å². The Kier molecular flexibility index (Phi) is 2.93. The summed E-state index contributed by atoms with van der Waals surface area (Å²) in [4.78, 5) is 14.0. The van der Waals surface area contributed by atoms with Gasteiger partial charge >= 0.3 is 0 Å². The van der Waals surface area contributed by atoms with Crippen molar-refractivity contribution in [2.45, 2.75) is 26.2 Å². The number of benzene rings is 1. The Bertz CT molecular complexity index is 633. The number of fused-ring (bicyclic) bond motifs is 1. The molecule has 0 unspecified atom stereocenters. The topological polar surface area (TPSA) is 33.5 Å². The molecule has 0 bridgehead atoms. The zero-order valence-electron chi connectivity index (χ0n) is 11.6. The van der Waals surface area contributed by atoms with E-state index in [-0.39, 0.29) is 10.8 Å². The van der Waals surface area contributed by atoms with Crippen molar-refractivity contribution in [2.75, 3.05) is 19.0 Å². The minimum Gasteiger partial charge on any atom is -0.460 e. The van der Waals surface area contributed by atoms with Crippen LogP contribution in [-0.2, 0) is 5.41 Å². The Morgan fingerprint density at radius 2 is 1.78 bits per heavy atom. The number of hydrogen-bond acceptors (Lipinski definition) is 3. The van der Waals surface area contributed by atoms with E-state index >= 15 is 0 Å². The summed E-state index contributed by atoms with van der Waals surface area (Å²) in [5, 5.41) is 0.633. The van der Waals surface area contributed by atoms with E-state index in [1.807, 2.05) is 58.0 Å². The molecule has 18 heavy (non-hydrogen) atoms. The predicted octanol–water partition coefficient (Wildman–Crippen LogP) is 3.16. The maximum absolute atomic E-state index is 12.1. The van der Waals surface area contributed by atoms with Gasteiger partial charge in [0.2, 0.25) is 0 Å². The highest BCUT2D eigenvalue weighted by molar-refractivity contribution is 5.80. The van der Waals surface area contributed by atoms with Crippen molar-refractivity contribution in [1.29, 1.82) is 0 Å². The van der Waals surface area contributed by atoms with Crippen LogP contribution in [0.4, 0.5) is 5.69 Å². The molecular weight excluding hydrogens is 226 g/mol. The van der Waals surface area contributed by atoms with E-state index in [1.54, 1.807) is 6.07 Å². The lowest BCUT2D eigenvalue weighted by Gasteiger charge is -2.18. The molecule has 0 N–H and O–H groups in total. The Morgan fingerprint density at radius 3 is 2.33 bits per heavy atom. The largest absolute Gasteiger partial charge is 0.460 e. The minimum absolute atomic E-state index is 0.0199. The Hall–Kier alpha value is -1.77. The SMILES string of the molecule is CN(C)c1ccc2c(=O)cc(C(C)(C)C)oc2c1. The summed E-state index contributed by atoms with van der Waals surface area (Å²) >= 11 is 0. The molecule has 2 aromatic rings. The van der Waals surface area contributed by atoms with Gasteiger partial charge < -0.3 is 9.32 Å². The number of hydrogen-bond donors (Lipinski definition) is 0. The second-order valence-electron chi connectivity index (χ2n) is 5.80. The van der Waals surface area contributed by atoms with Crippen molar-refractivity contribution >= 4 is 16.7 Å². The summed E-state index contributed by atoms with van der Waals surface area (Å²) < 4.78 is 5.87. The van der Waals surface area contributed by atoms with Gasteiger partial charge in [0, 0.05) is 37.3 Å². The molecule has 0 aliphatic rings. The first-order valence-electron chi connectivity index (χ1n) is 6.05. The highest BCUT2D eigenvalue weighted by atomic mass is 16.3. The van der Waals surface area contributed by atoms with E-state index in [1.165, 1.54) is 0 Å². The molecule has 0 spiro atoms. The normalized spacial score (nSPS) is 11.8. The molecule has 3 nitrogen and oxygen atoms in total. The average Bonchev–Trinajstić information content (AvgIpc) is 2.26. The van der Waals surface area contributed by atoms with Gasteiger partial charge in [-0.05, 0) is 12.1 Å². The first-order chi connectivity index (χ1) is 8.29. The van der Waals surface area contributed by atoms with Crippen LogP contribution in [0.25, 0.3) is 11.0 Å². The smallest absolute Gasteiger partial charge is 0.192 e. The first kappa shape index (κ1) is 12.7. The van der Waals surface area contributed by atoms with E-state index in [9.17, 15) is 4.79 Å². The Balaban J connectivity index is 2.73. The van der Waals surface area contributed by atoms with E-state index < -0.39 is 0 Å². The average molecular weight is 245 g/mol. The predicted molar refractivity (Wildman–Crippen MR) is 75.5 cm³/mol. The van der Waals surface area contributed by atoms with Crippen LogP contribution in [0.5, 0.6) is 0 Å². The van der Waals surface area contributed by atoms with Crippen LogP contribution in [0.1, 0.15) is 26.5 Å². The molecule has 0 aliphatic carbocycles. The third-order valence-electron chi connectivity index (χ3n) is 2.97. The van der Waals surface area contributed by atoms with Gasteiger partial charge in [-0.25, -0.2) is 0 Å². The van der Waals surface area contributed by atoms with Crippen molar-refractivity contribution in [1.82, 2.24) is 0 Å². The molecule has 0 atom stereocenters. The van der Waals surface area contributed by atoms with Crippen molar-refractivity contribution in [3.05, 3.63) is 40.2 Å². The van der Waals surface area contributed by atoms with E-state index in [0.717, 1.165) is 11.4 Å². The van der Waals surface area contributed by atoms with Gasteiger partial charge in [-0.3, -0.25) is 4.79 Å². The number of nitrogens with zero attached hydrogens (tertiary/aromatic N) is 1. The summed E-state index contributed by atoms with van der Waals surface area (Å²) in [6.45, 7) is 6.10. The third kappa shape index (κ3) is 2.26. The highest BCUT2D eigenvalue weighted by Crippen LogP contribution is 2.25. The Labute approximate surface area is 107 Å². The summed E-state index contributed by atoms with van der Waals surface area (Å²) in [5.41, 5.74) is 1.53. The van der Waals surface area contributed by atoms with E-state index in [4.69, 9.17) is 4.42 Å². The molecule has 2 rings (SSSR count). The zero-order chi connectivity index (χ0) is 13.5. The molecule has 0 saturated heterocycles. The molecule has 0 radical (unpaired) electrons. The van der Waals surface area contributed by atoms with Gasteiger partial charge in [0.05, 0.1) is 5.39 Å². The summed E-state index contributed by atoms with van der Waals surface area (Å²) in [5.74, 6) is 0.718. The van der Waals surface area contributed by atoms with Crippen LogP contribution in [0, 0.1) is 0 Å². The second kappa shape index (κ2) is 4.16. The number of rotatable bonds is 1. The monoisotopic (exact) mass is 245 g/mol. The third-order valence-corrected chi connectivity index (χ3v) is 2.97. The molecule has 3 heteroatoms. The minimum atomic E-state index is -0.165. The van der Waals surface area contributed by atoms with Gasteiger partial charge in [0.1, 0.15) is 11.3 Å². The van der Waals surface area contributed by atoms with Crippen LogP contribution < -0.4 is 10.3 Å². The molecule has 0 amide bonds. The zero-order valence-corrected chi connectivity index (χ0v) is 11.6. The maximum atomic E-state index is 12.1. The van der Waals surface area contributed by atoms with Crippen molar-refractivity contribution in [3.8, 4) is 0 Å². The molecule has 0 saturated carbocycles. The van der Waals surface area contributed by atoms with E-state index in [0.29, 0.717) is 11.0 Å². The van der Waals surface area contributed by atoms with Gasteiger partial charge in [0.25, 0.3) is 0 Å². The molecule has 0 fully saturated rings. The quantitative estimate of drug-likeness (QED) is 0.773. The lowest BCUT2D eigenvalue weighted by Crippen LogP contribution is -2.15. The fourth-order valence-electron chi connectivity index (χ4n) is 1.79. The number of anilines is 1. The molecule has 1 heterocycles. The lowest BCUT2D eigenvalue weighted by molar-refractivity contribution is 0.421. The molecule has 96 valence electrons. The van der Waals surface area contributed by atoms with Crippen molar-refractivity contribution in [2.24, 2.45) is 0 Å². The maximum Gasteiger partial charge on any atom is 0.192 e. The molecular formula is C15H19NO2. The van der Waals surface area contributed by atoms with E-state index in [2.05, 4.69) is 0 Å². The van der Waals surface area contributed by atoms with Crippen molar-refractivity contribution < 1.29 is 4.42 Å². The first-order valence-corrected chi connectivity index (χ1v) is 6.05. The summed E-state index contributed by atoms with van der Waals surface area (Å²) in [6.07, 6.45) is 0. The summed E-state index contributed by atoms with van der Waals surface area (Å²) in [7, 11) is 3.93. The highest BCUT2D eigenvalue weighted by Gasteiger charge is 2.18. The molecule has 1 aromatic heterocycles. The fraction of sp³-hybridized carbons (Fsp3) is 0.400. The van der Waals surface area contributed by atoms with Gasteiger partial charge in [-0.2, -0.15) is 0 Å². The molecule has 1 aromatic carbocycles. The molecule has 0 aliphatic heterocycles. The lowest BCUT2D eigenvalue weighted by atomic mass is 9.92. The fourth-order valence-corrected chi connectivity index (χ4v) is 1.79. The van der Waals surface area contributed by atoms with Crippen LogP contribution in [-0.4, -0.2) is 14.1 Å². The van der Waals surface area contributed by atoms with Gasteiger partial charge in [-0.1, -0.05) is 20.8 Å². The van der Waals surface area contributed by atoms with Gasteiger partial charge in [0.15, 0.2) is 5.43 Å². The second-order valence-corrected chi connectivity index (χ2v) is 5.80. The standard InChI is InChI=1S/C15H19NO2/c1-15(2,3)14-9-12(17)11-7-6-10(16(4)5)8-13(11)18-14/h6-9H,1-5H3. The Morgan fingerprint density at radius 1 is 1.11 bits per heavy atom. The van der Waals surface area contributed by atoms with Crippen LogP contribution in [0.2, 0.25) is 0 Å². The van der Waals surface area contributed by atoms with Crippen LogP contribution in [0.15, 0.2) is 33.5 Å². The summed E-state index contributed by atoms with van der Waals surface area (Å²) in [6, 6.07) is 7.25. The van der Waals surface area contributed by atoms with Gasteiger partial charge in [-0.15, -0.1) is 0 Å². The van der Waals surface area contributed by atoms with Crippen molar-refractivity contribution in [3.63, 3.8) is 0 Å². The van der Waals surface area contributed by atoms with Crippen LogP contribution in [0.3, 0.4) is 0 Å².